The zero-order valence-electron chi connectivity index (χ0n) is 9.70. The summed E-state index contributed by atoms with van der Waals surface area (Å²) in [7, 11) is 0. The monoisotopic (exact) mass is 332 g/mol. The van der Waals surface area contributed by atoms with Gasteiger partial charge in [0.1, 0.15) is 6.04 Å². The van der Waals surface area contributed by atoms with Gasteiger partial charge in [-0.05, 0) is 17.7 Å². The Balaban J connectivity index is 2.31. The van der Waals surface area contributed by atoms with Gasteiger partial charge >= 0.3 is 5.97 Å². The summed E-state index contributed by atoms with van der Waals surface area (Å²) in [6.45, 7) is 3.09. The number of piperazine rings is 1. The Kier molecular flexibility index (Phi) is 4.61. The third-order valence-corrected chi connectivity index (χ3v) is 3.93. The van der Waals surface area contributed by atoms with Crippen LogP contribution in [0.15, 0.2) is 22.7 Å². The maximum absolute atomic E-state index is 11.5. The summed E-state index contributed by atoms with van der Waals surface area (Å²) >= 11 is 9.28. The van der Waals surface area contributed by atoms with Crippen LogP contribution >= 0.6 is 27.5 Å². The minimum atomic E-state index is -0.833. The van der Waals surface area contributed by atoms with Crippen LogP contribution < -0.4 is 5.32 Å². The summed E-state index contributed by atoms with van der Waals surface area (Å²) in [5.74, 6) is -0.833. The van der Waals surface area contributed by atoms with Gasteiger partial charge < -0.3 is 10.4 Å². The van der Waals surface area contributed by atoms with E-state index in [9.17, 15) is 9.90 Å². The molecule has 0 aliphatic carbocycles. The molecule has 1 fully saturated rings. The van der Waals surface area contributed by atoms with Crippen molar-refractivity contribution in [3.63, 3.8) is 0 Å². The molecule has 4 nitrogen and oxygen atoms in total. The van der Waals surface area contributed by atoms with Crippen molar-refractivity contribution < 1.29 is 9.90 Å². The molecular formula is C12H14BrClN2O2. The van der Waals surface area contributed by atoms with Gasteiger partial charge in [0.25, 0.3) is 0 Å². The van der Waals surface area contributed by atoms with Gasteiger partial charge in [0, 0.05) is 35.7 Å². The molecule has 1 aromatic rings. The van der Waals surface area contributed by atoms with E-state index in [1.54, 1.807) is 18.2 Å². The molecular weight excluding hydrogens is 320 g/mol. The van der Waals surface area contributed by atoms with Gasteiger partial charge in [-0.15, -0.1) is 0 Å². The first-order valence-corrected chi connectivity index (χ1v) is 6.89. The van der Waals surface area contributed by atoms with E-state index >= 15 is 0 Å². The number of carboxylic acid groups (broad SMARTS) is 1. The van der Waals surface area contributed by atoms with Crippen LogP contribution in [-0.2, 0) is 4.79 Å². The lowest BCUT2D eigenvalue weighted by Gasteiger charge is -2.33. The van der Waals surface area contributed by atoms with Gasteiger partial charge in [-0.3, -0.25) is 9.69 Å². The Hall–Kier alpha value is -0.620. The zero-order valence-corrected chi connectivity index (χ0v) is 12.0. The number of nitrogens with zero attached hydrogens (tertiary/aromatic N) is 1. The average molecular weight is 334 g/mol. The molecule has 0 radical (unpaired) electrons. The smallest absolute Gasteiger partial charge is 0.325 e. The molecule has 98 valence electrons. The van der Waals surface area contributed by atoms with Crippen LogP contribution in [0.4, 0.5) is 0 Å². The highest BCUT2D eigenvalue weighted by Crippen LogP contribution is 2.30. The number of carbonyl (C=O) groups is 1. The molecule has 0 saturated carbocycles. The van der Waals surface area contributed by atoms with Crippen LogP contribution in [0.25, 0.3) is 0 Å². The van der Waals surface area contributed by atoms with Gasteiger partial charge in [0.2, 0.25) is 0 Å². The Bertz CT molecular complexity index is 450. The molecule has 1 heterocycles. The lowest BCUT2D eigenvalue weighted by Crippen LogP contribution is -2.47. The van der Waals surface area contributed by atoms with Crippen molar-refractivity contribution in [1.82, 2.24) is 10.2 Å². The topological polar surface area (TPSA) is 52.6 Å². The highest BCUT2D eigenvalue weighted by Gasteiger charge is 2.29. The standard InChI is InChI=1S/C12H14BrClN2O2/c13-10-7-8(14)1-2-9(10)11(12(17)18)16-5-3-15-4-6-16/h1-2,7,11,15H,3-6H2,(H,17,18). The number of halogens is 2. The van der Waals surface area contributed by atoms with Crippen molar-refractivity contribution in [2.75, 3.05) is 26.2 Å². The second kappa shape index (κ2) is 6.02. The normalized spacial score (nSPS) is 18.6. The van der Waals surface area contributed by atoms with Crippen molar-refractivity contribution in [3.05, 3.63) is 33.3 Å². The first-order valence-electron chi connectivity index (χ1n) is 5.72. The number of aliphatic carboxylic acids is 1. The van der Waals surface area contributed by atoms with Crippen molar-refractivity contribution in [3.8, 4) is 0 Å². The highest BCUT2D eigenvalue weighted by atomic mass is 79.9. The van der Waals surface area contributed by atoms with Gasteiger partial charge in [0.05, 0.1) is 0 Å². The highest BCUT2D eigenvalue weighted by molar-refractivity contribution is 9.10. The summed E-state index contributed by atoms with van der Waals surface area (Å²) in [6, 6.07) is 4.60. The molecule has 0 aromatic heterocycles. The van der Waals surface area contributed by atoms with Gasteiger partial charge in [0.15, 0.2) is 0 Å². The molecule has 0 bridgehead atoms. The summed E-state index contributed by atoms with van der Waals surface area (Å²) in [4.78, 5) is 13.5. The molecule has 1 atom stereocenters. The van der Waals surface area contributed by atoms with Gasteiger partial charge in [-0.2, -0.15) is 0 Å². The third-order valence-electron chi connectivity index (χ3n) is 3.01. The molecule has 0 amide bonds. The molecule has 2 N–H and O–H groups in total. The van der Waals surface area contributed by atoms with Crippen molar-refractivity contribution >= 4 is 33.5 Å². The summed E-state index contributed by atoms with van der Waals surface area (Å²) in [5.41, 5.74) is 0.744. The number of carboxylic acids is 1. The quantitative estimate of drug-likeness (QED) is 0.890. The molecule has 1 aromatic carbocycles. The molecule has 2 rings (SSSR count). The van der Waals surface area contributed by atoms with Crippen molar-refractivity contribution in [2.24, 2.45) is 0 Å². The molecule has 1 saturated heterocycles. The molecule has 6 heteroatoms. The Labute approximate surface area is 119 Å². The molecule has 0 spiro atoms. The van der Waals surface area contributed by atoms with Crippen LogP contribution in [0.1, 0.15) is 11.6 Å². The largest absolute Gasteiger partial charge is 0.480 e. The van der Waals surface area contributed by atoms with Crippen molar-refractivity contribution in [2.45, 2.75) is 6.04 Å². The minimum absolute atomic E-state index is 0.593. The lowest BCUT2D eigenvalue weighted by atomic mass is 10.0. The van der Waals surface area contributed by atoms with E-state index in [1.165, 1.54) is 0 Å². The Morgan fingerprint density at radius 2 is 2.11 bits per heavy atom. The number of nitrogens with one attached hydrogen (secondary N) is 1. The fourth-order valence-corrected chi connectivity index (χ4v) is 3.05. The van der Waals surface area contributed by atoms with Crippen molar-refractivity contribution in [1.29, 1.82) is 0 Å². The molecule has 1 unspecified atom stereocenters. The van der Waals surface area contributed by atoms with Crippen LogP contribution in [0.2, 0.25) is 5.02 Å². The number of rotatable bonds is 3. The minimum Gasteiger partial charge on any atom is -0.480 e. The Morgan fingerprint density at radius 3 is 2.67 bits per heavy atom. The predicted molar refractivity (Wildman–Crippen MR) is 74.0 cm³/mol. The van der Waals surface area contributed by atoms with E-state index < -0.39 is 12.0 Å². The van der Waals surface area contributed by atoms with E-state index in [4.69, 9.17) is 11.6 Å². The molecule has 18 heavy (non-hydrogen) atoms. The fourth-order valence-electron chi connectivity index (χ4n) is 2.15. The number of benzene rings is 1. The molecule has 1 aliphatic heterocycles. The van der Waals surface area contributed by atoms with E-state index in [0.29, 0.717) is 5.02 Å². The van der Waals surface area contributed by atoms with Crippen LogP contribution in [0.5, 0.6) is 0 Å². The third kappa shape index (κ3) is 3.03. The first kappa shape index (κ1) is 13.8. The summed E-state index contributed by atoms with van der Waals surface area (Å²) in [6.07, 6.45) is 0. The SMILES string of the molecule is O=C(O)C(c1ccc(Cl)cc1Br)N1CCNCC1. The Morgan fingerprint density at radius 1 is 1.44 bits per heavy atom. The zero-order chi connectivity index (χ0) is 13.1. The maximum Gasteiger partial charge on any atom is 0.325 e. The van der Waals surface area contributed by atoms with Crippen LogP contribution in [-0.4, -0.2) is 42.2 Å². The average Bonchev–Trinajstić information content (AvgIpc) is 2.33. The number of hydrogen-bond donors (Lipinski definition) is 2. The van der Waals surface area contributed by atoms with E-state index in [-0.39, 0.29) is 0 Å². The fraction of sp³-hybridized carbons (Fsp3) is 0.417. The van der Waals surface area contributed by atoms with Crippen LogP contribution in [0.3, 0.4) is 0 Å². The van der Waals surface area contributed by atoms with E-state index in [1.807, 2.05) is 4.90 Å². The number of hydrogen-bond acceptors (Lipinski definition) is 3. The van der Waals surface area contributed by atoms with E-state index in [0.717, 1.165) is 36.2 Å². The summed E-state index contributed by atoms with van der Waals surface area (Å²) in [5, 5.41) is 13.3. The van der Waals surface area contributed by atoms with E-state index in [2.05, 4.69) is 21.2 Å². The molecule has 1 aliphatic rings. The van der Waals surface area contributed by atoms with Gasteiger partial charge in [-0.25, -0.2) is 0 Å². The summed E-state index contributed by atoms with van der Waals surface area (Å²) < 4.78 is 0.737. The predicted octanol–water partition coefficient (Wildman–Crippen LogP) is 2.13. The van der Waals surface area contributed by atoms with Gasteiger partial charge in [-0.1, -0.05) is 33.6 Å². The lowest BCUT2D eigenvalue weighted by molar-refractivity contribution is -0.143. The second-order valence-electron chi connectivity index (χ2n) is 4.19. The van der Waals surface area contributed by atoms with Crippen LogP contribution in [0, 0.1) is 0 Å². The maximum atomic E-state index is 11.5. The first-order chi connectivity index (χ1) is 8.59. The second-order valence-corrected chi connectivity index (χ2v) is 5.48.